The van der Waals surface area contributed by atoms with Gasteiger partial charge in [0.15, 0.2) is 0 Å². The van der Waals surface area contributed by atoms with Gasteiger partial charge in [0.25, 0.3) is 0 Å². The standard InChI is InChI=1S/C14H19BrN4O/c1-3-8-19-14(11(15)9-17-19)13(18-16)10-6-4-5-7-12(10)20-2/h4-7,9,13,18H,3,8,16H2,1-2H3. The van der Waals surface area contributed by atoms with Crippen molar-refractivity contribution in [3.8, 4) is 5.75 Å². The minimum atomic E-state index is -0.186. The summed E-state index contributed by atoms with van der Waals surface area (Å²) in [5.41, 5.74) is 4.85. The highest BCUT2D eigenvalue weighted by Gasteiger charge is 2.23. The van der Waals surface area contributed by atoms with E-state index in [-0.39, 0.29) is 6.04 Å². The molecule has 1 aromatic carbocycles. The molecule has 1 atom stereocenters. The number of hydrogen-bond donors (Lipinski definition) is 2. The summed E-state index contributed by atoms with van der Waals surface area (Å²) in [7, 11) is 1.66. The maximum Gasteiger partial charge on any atom is 0.124 e. The van der Waals surface area contributed by atoms with Gasteiger partial charge in [-0.1, -0.05) is 25.1 Å². The summed E-state index contributed by atoms with van der Waals surface area (Å²) in [4.78, 5) is 0. The molecule has 1 unspecified atom stereocenters. The first-order valence-corrected chi connectivity index (χ1v) is 7.32. The SMILES string of the molecule is CCCn1ncc(Br)c1C(NN)c1ccccc1OC. The van der Waals surface area contributed by atoms with E-state index in [1.165, 1.54) is 0 Å². The van der Waals surface area contributed by atoms with E-state index in [4.69, 9.17) is 10.6 Å². The lowest BCUT2D eigenvalue weighted by atomic mass is 10.0. The quantitative estimate of drug-likeness (QED) is 0.627. The van der Waals surface area contributed by atoms with Gasteiger partial charge in [-0.2, -0.15) is 5.10 Å². The molecule has 0 bridgehead atoms. The Labute approximate surface area is 127 Å². The normalized spacial score (nSPS) is 12.4. The molecular weight excluding hydrogens is 320 g/mol. The lowest BCUT2D eigenvalue weighted by Crippen LogP contribution is -2.31. The number of hydrazine groups is 1. The molecule has 2 rings (SSSR count). The maximum atomic E-state index is 5.79. The fourth-order valence-corrected chi connectivity index (χ4v) is 2.79. The van der Waals surface area contributed by atoms with Crippen LogP contribution in [0, 0.1) is 0 Å². The molecule has 3 N–H and O–H groups in total. The third kappa shape index (κ3) is 2.87. The Bertz CT molecular complexity index is 570. The minimum absolute atomic E-state index is 0.186. The van der Waals surface area contributed by atoms with Crippen LogP contribution in [-0.4, -0.2) is 16.9 Å². The van der Waals surface area contributed by atoms with E-state index in [1.807, 2.05) is 28.9 Å². The second kappa shape index (κ2) is 6.88. The molecule has 2 aromatic rings. The highest BCUT2D eigenvalue weighted by atomic mass is 79.9. The molecule has 108 valence electrons. The zero-order valence-electron chi connectivity index (χ0n) is 11.6. The van der Waals surface area contributed by atoms with Gasteiger partial charge < -0.3 is 4.74 Å². The summed E-state index contributed by atoms with van der Waals surface area (Å²) in [6, 6.07) is 7.65. The van der Waals surface area contributed by atoms with Crippen LogP contribution in [0.5, 0.6) is 5.75 Å². The third-order valence-corrected chi connectivity index (χ3v) is 3.77. The van der Waals surface area contributed by atoms with E-state index in [0.29, 0.717) is 0 Å². The van der Waals surface area contributed by atoms with E-state index in [9.17, 15) is 0 Å². The number of rotatable bonds is 6. The number of para-hydroxylation sites is 1. The van der Waals surface area contributed by atoms with Crippen LogP contribution in [0.15, 0.2) is 34.9 Å². The maximum absolute atomic E-state index is 5.79. The Morgan fingerprint density at radius 1 is 1.45 bits per heavy atom. The van der Waals surface area contributed by atoms with Gasteiger partial charge in [0.05, 0.1) is 29.5 Å². The van der Waals surface area contributed by atoms with E-state index in [0.717, 1.165) is 34.4 Å². The molecule has 0 radical (unpaired) electrons. The van der Waals surface area contributed by atoms with Gasteiger partial charge in [0, 0.05) is 12.1 Å². The number of hydrogen-bond acceptors (Lipinski definition) is 4. The van der Waals surface area contributed by atoms with Crippen LogP contribution in [0.1, 0.15) is 30.6 Å². The van der Waals surface area contributed by atoms with Crippen molar-refractivity contribution in [2.45, 2.75) is 25.9 Å². The number of ether oxygens (including phenoxy) is 1. The number of aromatic nitrogens is 2. The molecule has 1 heterocycles. The van der Waals surface area contributed by atoms with E-state index >= 15 is 0 Å². The van der Waals surface area contributed by atoms with Crippen molar-refractivity contribution >= 4 is 15.9 Å². The number of nitrogens with one attached hydrogen (secondary N) is 1. The number of benzene rings is 1. The Morgan fingerprint density at radius 3 is 2.85 bits per heavy atom. The smallest absolute Gasteiger partial charge is 0.124 e. The van der Waals surface area contributed by atoms with Crippen molar-refractivity contribution in [3.05, 3.63) is 46.2 Å². The summed E-state index contributed by atoms with van der Waals surface area (Å²) < 4.78 is 8.32. The average Bonchev–Trinajstić information content (AvgIpc) is 2.83. The number of aryl methyl sites for hydroxylation is 1. The molecule has 0 spiro atoms. The Kier molecular flexibility index (Phi) is 5.17. The van der Waals surface area contributed by atoms with Crippen LogP contribution in [0.25, 0.3) is 0 Å². The van der Waals surface area contributed by atoms with Crippen molar-refractivity contribution in [3.63, 3.8) is 0 Å². The topological polar surface area (TPSA) is 65.1 Å². The molecule has 0 aliphatic rings. The third-order valence-electron chi connectivity index (χ3n) is 3.16. The summed E-state index contributed by atoms with van der Waals surface area (Å²) >= 11 is 3.55. The van der Waals surface area contributed by atoms with Gasteiger partial charge in [0.1, 0.15) is 5.75 Å². The minimum Gasteiger partial charge on any atom is -0.496 e. The van der Waals surface area contributed by atoms with Crippen molar-refractivity contribution in [1.82, 2.24) is 15.2 Å². The van der Waals surface area contributed by atoms with Crippen molar-refractivity contribution in [2.24, 2.45) is 5.84 Å². The van der Waals surface area contributed by atoms with Gasteiger partial charge in [0.2, 0.25) is 0 Å². The average molecular weight is 339 g/mol. The van der Waals surface area contributed by atoms with Crippen molar-refractivity contribution < 1.29 is 4.74 Å². The Balaban J connectivity index is 2.49. The molecular formula is C14H19BrN4O. The first kappa shape index (κ1) is 15.0. The summed E-state index contributed by atoms with van der Waals surface area (Å²) in [5, 5.41) is 4.39. The van der Waals surface area contributed by atoms with Gasteiger partial charge in [-0.3, -0.25) is 10.5 Å². The molecule has 0 amide bonds. The van der Waals surface area contributed by atoms with E-state index < -0.39 is 0 Å². The number of nitrogens with zero attached hydrogens (tertiary/aromatic N) is 2. The molecule has 0 saturated heterocycles. The first-order valence-electron chi connectivity index (χ1n) is 6.53. The van der Waals surface area contributed by atoms with Crippen LogP contribution >= 0.6 is 15.9 Å². The number of halogens is 1. The van der Waals surface area contributed by atoms with Gasteiger partial charge in [-0.05, 0) is 28.4 Å². The van der Waals surface area contributed by atoms with Crippen LogP contribution < -0.4 is 16.0 Å². The summed E-state index contributed by atoms with van der Waals surface area (Å²) in [6.07, 6.45) is 2.80. The second-order valence-electron chi connectivity index (χ2n) is 4.44. The zero-order valence-corrected chi connectivity index (χ0v) is 13.2. The van der Waals surface area contributed by atoms with E-state index in [1.54, 1.807) is 13.3 Å². The lowest BCUT2D eigenvalue weighted by Gasteiger charge is -2.21. The van der Waals surface area contributed by atoms with Crippen molar-refractivity contribution in [2.75, 3.05) is 7.11 Å². The Hall–Kier alpha value is -1.37. The molecule has 0 aliphatic carbocycles. The van der Waals surface area contributed by atoms with Crippen molar-refractivity contribution in [1.29, 1.82) is 0 Å². The highest BCUT2D eigenvalue weighted by Crippen LogP contribution is 2.33. The fraction of sp³-hybridized carbons (Fsp3) is 0.357. The fourth-order valence-electron chi connectivity index (χ4n) is 2.27. The predicted octanol–water partition coefficient (Wildman–Crippen LogP) is 2.62. The molecule has 0 fully saturated rings. The van der Waals surface area contributed by atoms with Gasteiger partial charge in [-0.15, -0.1) is 0 Å². The molecule has 0 saturated carbocycles. The molecule has 1 aromatic heterocycles. The molecule has 6 heteroatoms. The van der Waals surface area contributed by atoms with Crippen LogP contribution in [0.3, 0.4) is 0 Å². The Morgan fingerprint density at radius 2 is 2.20 bits per heavy atom. The number of nitrogens with two attached hydrogens (primary N) is 1. The van der Waals surface area contributed by atoms with Crippen LogP contribution in [0.2, 0.25) is 0 Å². The first-order chi connectivity index (χ1) is 9.72. The number of methoxy groups -OCH3 is 1. The molecule has 0 aliphatic heterocycles. The van der Waals surface area contributed by atoms with Crippen LogP contribution in [0.4, 0.5) is 0 Å². The summed E-state index contributed by atoms with van der Waals surface area (Å²) in [5.74, 6) is 6.58. The van der Waals surface area contributed by atoms with Gasteiger partial charge in [-0.25, -0.2) is 5.43 Å². The van der Waals surface area contributed by atoms with Crippen LogP contribution in [-0.2, 0) is 6.54 Å². The molecule has 5 nitrogen and oxygen atoms in total. The molecule has 20 heavy (non-hydrogen) atoms. The summed E-state index contributed by atoms with van der Waals surface area (Å²) in [6.45, 7) is 2.96. The van der Waals surface area contributed by atoms with E-state index in [2.05, 4.69) is 33.4 Å². The monoisotopic (exact) mass is 338 g/mol. The largest absolute Gasteiger partial charge is 0.496 e. The predicted molar refractivity (Wildman–Crippen MR) is 82.4 cm³/mol. The highest BCUT2D eigenvalue weighted by molar-refractivity contribution is 9.10. The second-order valence-corrected chi connectivity index (χ2v) is 5.30. The van der Waals surface area contributed by atoms with Gasteiger partial charge >= 0.3 is 0 Å². The zero-order chi connectivity index (χ0) is 14.5. The lowest BCUT2D eigenvalue weighted by molar-refractivity contribution is 0.401.